The van der Waals surface area contributed by atoms with E-state index >= 15 is 0 Å². The number of amides is 1. The highest BCUT2D eigenvalue weighted by Crippen LogP contribution is 2.17. The van der Waals surface area contributed by atoms with Gasteiger partial charge in [-0.2, -0.15) is 0 Å². The fraction of sp³-hybridized carbons (Fsp3) is 0.0667. The first-order valence-electron chi connectivity index (χ1n) is 6.08. The molecule has 2 aromatic rings. The number of aliphatic carboxylic acids is 1. The Labute approximate surface area is 129 Å². The molecule has 0 spiro atoms. The summed E-state index contributed by atoms with van der Waals surface area (Å²) in [5.74, 6) is -1.02. The molecule has 0 bridgehead atoms. The highest BCUT2D eigenvalue weighted by Gasteiger charge is 2.16. The van der Waals surface area contributed by atoms with E-state index in [0.29, 0.717) is 16.1 Å². The van der Waals surface area contributed by atoms with E-state index in [4.69, 9.17) is 9.52 Å². The number of halogens is 1. The smallest absolute Gasteiger partial charge is 0.323 e. The van der Waals surface area contributed by atoms with Crippen molar-refractivity contribution in [3.05, 3.63) is 59.0 Å². The van der Waals surface area contributed by atoms with Crippen LogP contribution in [0.1, 0.15) is 5.76 Å². The highest BCUT2D eigenvalue weighted by molar-refractivity contribution is 9.10. The fourth-order valence-corrected chi connectivity index (χ4v) is 2.02. The minimum Gasteiger partial charge on any atom is -0.480 e. The van der Waals surface area contributed by atoms with Gasteiger partial charge in [0.2, 0.25) is 0 Å². The summed E-state index contributed by atoms with van der Waals surface area (Å²) in [6.07, 6.45) is 2.77. The molecule has 0 radical (unpaired) electrons. The second-order valence-electron chi connectivity index (χ2n) is 4.13. The number of para-hydroxylation sites is 1. The zero-order valence-electron chi connectivity index (χ0n) is 10.9. The van der Waals surface area contributed by atoms with Gasteiger partial charge in [0.25, 0.3) is 5.91 Å². The number of hydrogen-bond acceptors (Lipinski definition) is 3. The van der Waals surface area contributed by atoms with Gasteiger partial charge in [-0.3, -0.25) is 14.5 Å². The molecule has 5 nitrogen and oxygen atoms in total. The second-order valence-corrected chi connectivity index (χ2v) is 4.91. The Balaban J connectivity index is 2.18. The molecule has 1 N–H and O–H groups in total. The minimum absolute atomic E-state index is 0.408. The van der Waals surface area contributed by atoms with Gasteiger partial charge in [0, 0.05) is 11.8 Å². The van der Waals surface area contributed by atoms with Gasteiger partial charge >= 0.3 is 5.97 Å². The number of furan rings is 1. The van der Waals surface area contributed by atoms with Gasteiger partial charge in [-0.05, 0) is 46.3 Å². The molecule has 0 unspecified atom stereocenters. The molecule has 0 fully saturated rings. The number of benzene rings is 1. The quantitative estimate of drug-likeness (QED) is 0.841. The lowest BCUT2D eigenvalue weighted by atomic mass is 10.2. The Morgan fingerprint density at radius 3 is 2.48 bits per heavy atom. The van der Waals surface area contributed by atoms with Crippen molar-refractivity contribution in [3.8, 4) is 0 Å². The van der Waals surface area contributed by atoms with Gasteiger partial charge < -0.3 is 9.52 Å². The van der Waals surface area contributed by atoms with Crippen LogP contribution in [-0.4, -0.2) is 23.5 Å². The van der Waals surface area contributed by atoms with E-state index in [1.807, 2.05) is 0 Å². The Hall–Kier alpha value is -2.34. The third-order valence-corrected chi connectivity index (χ3v) is 3.04. The molecule has 1 amide bonds. The number of anilines is 1. The molecule has 0 saturated carbocycles. The predicted octanol–water partition coefficient (Wildman–Crippen LogP) is 3.17. The number of carboxylic acid groups (broad SMARTS) is 1. The number of carbonyl (C=O) groups excluding carboxylic acids is 1. The summed E-state index contributed by atoms with van der Waals surface area (Å²) in [6, 6.07) is 12.0. The molecule has 1 aromatic carbocycles. The van der Waals surface area contributed by atoms with Crippen molar-refractivity contribution in [2.24, 2.45) is 0 Å². The largest absolute Gasteiger partial charge is 0.480 e. The average Bonchev–Trinajstić information content (AvgIpc) is 2.88. The zero-order valence-corrected chi connectivity index (χ0v) is 12.5. The van der Waals surface area contributed by atoms with Gasteiger partial charge in [0.05, 0.1) is 0 Å². The van der Waals surface area contributed by atoms with Crippen LogP contribution in [0.15, 0.2) is 57.6 Å². The Morgan fingerprint density at radius 1 is 1.19 bits per heavy atom. The van der Waals surface area contributed by atoms with Crippen LogP contribution < -0.4 is 4.90 Å². The molecule has 0 aliphatic heterocycles. The third kappa shape index (κ3) is 4.32. The van der Waals surface area contributed by atoms with E-state index in [1.54, 1.807) is 42.5 Å². The van der Waals surface area contributed by atoms with E-state index in [9.17, 15) is 9.59 Å². The third-order valence-electron chi connectivity index (χ3n) is 2.61. The Morgan fingerprint density at radius 2 is 1.90 bits per heavy atom. The van der Waals surface area contributed by atoms with Crippen LogP contribution in [0.4, 0.5) is 5.69 Å². The van der Waals surface area contributed by atoms with Crippen molar-refractivity contribution in [2.45, 2.75) is 0 Å². The van der Waals surface area contributed by atoms with Crippen LogP contribution in [0.25, 0.3) is 6.08 Å². The molecule has 0 saturated heterocycles. The standard InChI is InChI=1S/C15H12BrNO4/c16-13-8-6-12(21-13)7-9-14(18)17(10-15(19)20)11-4-2-1-3-5-11/h1-9H,10H2,(H,19,20)/b9-7+. The molecule has 21 heavy (non-hydrogen) atoms. The van der Waals surface area contributed by atoms with Gasteiger partial charge in [-0.25, -0.2) is 0 Å². The van der Waals surface area contributed by atoms with E-state index < -0.39 is 18.4 Å². The molecule has 1 aromatic heterocycles. The fourth-order valence-electron chi connectivity index (χ4n) is 1.70. The topological polar surface area (TPSA) is 70.8 Å². The average molecular weight is 350 g/mol. The van der Waals surface area contributed by atoms with E-state index in [-0.39, 0.29) is 0 Å². The lowest BCUT2D eigenvalue weighted by Gasteiger charge is -2.18. The molecule has 0 aliphatic rings. The van der Waals surface area contributed by atoms with Crippen molar-refractivity contribution in [1.82, 2.24) is 0 Å². The van der Waals surface area contributed by atoms with Gasteiger partial charge in [-0.15, -0.1) is 0 Å². The molecule has 0 atom stereocenters. The lowest BCUT2D eigenvalue weighted by Crippen LogP contribution is -2.34. The predicted molar refractivity (Wildman–Crippen MR) is 81.9 cm³/mol. The molecule has 2 rings (SSSR count). The summed E-state index contributed by atoms with van der Waals surface area (Å²) in [7, 11) is 0. The molecular formula is C15H12BrNO4. The lowest BCUT2D eigenvalue weighted by molar-refractivity contribution is -0.136. The Kier molecular flexibility index (Phi) is 4.94. The van der Waals surface area contributed by atoms with Crippen molar-refractivity contribution in [2.75, 3.05) is 11.4 Å². The molecule has 108 valence electrons. The van der Waals surface area contributed by atoms with Crippen LogP contribution in [0.5, 0.6) is 0 Å². The molecule has 6 heteroatoms. The SMILES string of the molecule is O=C(O)CN(C(=O)/C=C/c1ccc(Br)o1)c1ccccc1. The highest BCUT2D eigenvalue weighted by atomic mass is 79.9. The Bertz CT molecular complexity index is 663. The van der Waals surface area contributed by atoms with Crippen molar-refractivity contribution < 1.29 is 19.1 Å². The van der Waals surface area contributed by atoms with E-state index in [2.05, 4.69) is 15.9 Å². The van der Waals surface area contributed by atoms with Crippen molar-refractivity contribution >= 4 is 39.6 Å². The zero-order chi connectivity index (χ0) is 15.2. The number of nitrogens with zero attached hydrogens (tertiary/aromatic N) is 1. The van der Waals surface area contributed by atoms with Gasteiger partial charge in [0.15, 0.2) is 4.67 Å². The van der Waals surface area contributed by atoms with Gasteiger partial charge in [0.1, 0.15) is 12.3 Å². The van der Waals surface area contributed by atoms with Crippen LogP contribution in [0.2, 0.25) is 0 Å². The molecule has 1 heterocycles. The minimum atomic E-state index is -1.08. The van der Waals surface area contributed by atoms with E-state index in [1.165, 1.54) is 17.1 Å². The van der Waals surface area contributed by atoms with Crippen LogP contribution >= 0.6 is 15.9 Å². The summed E-state index contributed by atoms with van der Waals surface area (Å²) < 4.78 is 5.80. The normalized spacial score (nSPS) is 10.7. The maximum Gasteiger partial charge on any atom is 0.323 e. The number of rotatable bonds is 5. The summed E-state index contributed by atoms with van der Waals surface area (Å²) in [5.41, 5.74) is 0.523. The van der Waals surface area contributed by atoms with Crippen molar-refractivity contribution in [3.63, 3.8) is 0 Å². The maximum atomic E-state index is 12.2. The summed E-state index contributed by atoms with van der Waals surface area (Å²) >= 11 is 3.16. The van der Waals surface area contributed by atoms with Gasteiger partial charge in [-0.1, -0.05) is 18.2 Å². The molecular weight excluding hydrogens is 338 g/mol. The monoisotopic (exact) mass is 349 g/mol. The van der Waals surface area contributed by atoms with Crippen LogP contribution in [0, 0.1) is 0 Å². The maximum absolute atomic E-state index is 12.2. The van der Waals surface area contributed by atoms with Crippen LogP contribution in [-0.2, 0) is 9.59 Å². The number of carboxylic acids is 1. The second kappa shape index (κ2) is 6.90. The summed E-state index contributed by atoms with van der Waals surface area (Å²) in [6.45, 7) is -0.408. The van der Waals surface area contributed by atoms with E-state index in [0.717, 1.165) is 0 Å². The number of hydrogen-bond donors (Lipinski definition) is 1. The first kappa shape index (κ1) is 15.1. The first-order valence-corrected chi connectivity index (χ1v) is 6.87. The van der Waals surface area contributed by atoms with Crippen LogP contribution in [0.3, 0.4) is 0 Å². The summed E-state index contributed by atoms with van der Waals surface area (Å²) in [4.78, 5) is 24.3. The molecule has 0 aliphatic carbocycles. The number of carbonyl (C=O) groups is 2. The van der Waals surface area contributed by atoms with Crippen molar-refractivity contribution in [1.29, 1.82) is 0 Å². The first-order chi connectivity index (χ1) is 10.1. The summed E-state index contributed by atoms with van der Waals surface area (Å²) in [5, 5.41) is 8.94.